The van der Waals surface area contributed by atoms with Crippen LogP contribution in [0.4, 0.5) is 22.7 Å². The van der Waals surface area contributed by atoms with Gasteiger partial charge in [-0.2, -0.15) is 0 Å². The van der Waals surface area contributed by atoms with E-state index in [1.165, 1.54) is 147 Å². The van der Waals surface area contributed by atoms with Crippen molar-refractivity contribution in [3.63, 3.8) is 0 Å². The average Bonchev–Trinajstić information content (AvgIpc) is 1.55. The maximum Gasteiger partial charge on any atom is 0.279 e. The Morgan fingerprint density at radius 2 is 0.500 bits per heavy atom. The molecule has 4 aliphatic heterocycles. The fourth-order valence-electron chi connectivity index (χ4n) is 14.5. The highest BCUT2D eigenvalue weighted by atomic mass is 32.3. The highest BCUT2D eigenvalue weighted by Gasteiger charge is 2.47. The molecule has 50 heteroatoms. The van der Waals surface area contributed by atoms with Crippen molar-refractivity contribution < 1.29 is 110 Å². The molecule has 0 saturated carbocycles. The monoisotopic (exact) mass is 2170 g/mol. The van der Waals surface area contributed by atoms with Crippen LogP contribution in [0.15, 0.2) is 172 Å². The molecular formula is C84H78N4O28S18. The molecule has 2 aliphatic carbocycles. The summed E-state index contributed by atoms with van der Waals surface area (Å²) in [6.45, 7) is 1.83. The number of thiophene rings is 6. The minimum Gasteiger partial charge on any atom is -0.382 e. The molecular weight excluding hydrogens is 2090 g/mol. The molecule has 0 saturated heterocycles. The van der Waals surface area contributed by atoms with Crippen molar-refractivity contribution in [1.29, 1.82) is 0 Å². The summed E-state index contributed by atoms with van der Waals surface area (Å²) in [7, 11) is -11.5. The van der Waals surface area contributed by atoms with E-state index in [-0.39, 0.29) is 161 Å². The Morgan fingerprint density at radius 3 is 0.731 bits per heavy atom. The van der Waals surface area contributed by atoms with Crippen LogP contribution in [0, 0.1) is 40.5 Å². The maximum absolute atomic E-state index is 14.5. The molecule has 0 bridgehead atoms. The predicted octanol–water partition coefficient (Wildman–Crippen LogP) is 20.2. The van der Waals surface area contributed by atoms with Gasteiger partial charge in [-0.15, -0.1) is 68.0 Å². The second-order valence-corrected chi connectivity index (χ2v) is 53.3. The van der Waals surface area contributed by atoms with Crippen molar-refractivity contribution in [3.05, 3.63) is 196 Å². The molecule has 32 nitrogen and oxygen atoms in total. The molecule has 0 atom stereocenters. The number of hydrogen-bond donors (Lipinski definition) is 0. The molecule has 0 N–H and O–H groups in total. The van der Waals surface area contributed by atoms with Gasteiger partial charge in [0, 0.05) is 135 Å². The zero-order chi connectivity index (χ0) is 94.3. The first-order valence-corrected chi connectivity index (χ1v) is 58.6. The number of ether oxygens (including phenoxy) is 12. The Bertz CT molecular complexity index is 6200. The van der Waals surface area contributed by atoms with Crippen LogP contribution in [0.3, 0.4) is 0 Å². The van der Waals surface area contributed by atoms with Gasteiger partial charge in [0.2, 0.25) is 0 Å². The van der Waals surface area contributed by atoms with Crippen LogP contribution >= 0.6 is 162 Å². The van der Waals surface area contributed by atoms with Gasteiger partial charge in [0.15, 0.2) is 39.3 Å². The van der Waals surface area contributed by atoms with Gasteiger partial charge in [0.1, 0.15) is 0 Å². The number of benzene rings is 4. The molecule has 0 radical (unpaired) electrons. The normalized spacial score (nSPS) is 14.6. The van der Waals surface area contributed by atoms with Crippen molar-refractivity contribution in [3.8, 4) is 71.0 Å². The van der Waals surface area contributed by atoms with E-state index in [9.17, 15) is 74.1 Å². The van der Waals surface area contributed by atoms with E-state index in [4.69, 9.17) is 56.8 Å². The minimum absolute atomic E-state index is 0.0239. The minimum atomic E-state index is -4.40. The first-order valence-electron chi connectivity index (χ1n) is 40.4. The van der Waals surface area contributed by atoms with Gasteiger partial charge in [-0.1, -0.05) is 106 Å². The van der Waals surface area contributed by atoms with E-state index in [1.54, 1.807) is 68.0 Å². The smallest absolute Gasteiger partial charge is 0.279 e. The quantitative estimate of drug-likeness (QED) is 0.0194. The lowest BCUT2D eigenvalue weighted by Gasteiger charge is -2.14. The van der Waals surface area contributed by atoms with Crippen molar-refractivity contribution in [2.24, 2.45) is 0 Å². The number of nitro groups is 4. The molecule has 710 valence electrons. The molecule has 134 heavy (non-hydrogen) atoms. The van der Waals surface area contributed by atoms with E-state index in [1.807, 2.05) is 35.0 Å². The zero-order valence-electron chi connectivity index (χ0n) is 70.9. The third-order valence-corrected chi connectivity index (χ3v) is 46.4. The van der Waals surface area contributed by atoms with Crippen LogP contribution in [0.25, 0.3) is 82.2 Å². The van der Waals surface area contributed by atoms with Crippen LogP contribution in [-0.2, 0) is 96.2 Å². The zero-order valence-corrected chi connectivity index (χ0v) is 85.6. The Kier molecular flexibility index (Phi) is 33.6. The third kappa shape index (κ3) is 22.1. The summed E-state index contributed by atoms with van der Waals surface area (Å²) in [6.07, 6.45) is 0. The maximum atomic E-state index is 14.5. The van der Waals surface area contributed by atoms with Gasteiger partial charge in [-0.05, 0) is 71.4 Å². The van der Waals surface area contributed by atoms with Crippen molar-refractivity contribution in [2.75, 3.05) is 184 Å². The van der Waals surface area contributed by atoms with Crippen LogP contribution in [0.1, 0.15) is 22.3 Å². The van der Waals surface area contributed by atoms with E-state index < -0.39 is 124 Å². The molecule has 10 aromatic rings. The van der Waals surface area contributed by atoms with E-state index >= 15 is 0 Å². The molecule has 4 aromatic carbocycles. The SMILES string of the molecule is COCCOCCOCCS(=O)(=O)c1cc2c(c([N+](=O)[O-])c1)-c1c(cc(S(=O)(=O)CCOCCOCCOC)cc1[N+](=O)[O-])C2=C1SC2=C(S1)Sc1c(-c3ccc(-c4ccc(-c5sc(-c6cccs6)c6c5SC5=C(SC(=C7c8cc(S(=O)(=O)CCOCCOCCOC)cc([N+](=O)[O-])c8-c8c7cc(S(=O)(=O)CCOCCOCCOC)cc8[N+](=O)[O-])S5)S6)s4)s3)sc(-c3cccs3)c1S2. The summed E-state index contributed by atoms with van der Waals surface area (Å²) in [5.74, 6) is -2.43. The molecule has 0 fully saturated rings. The lowest BCUT2D eigenvalue weighted by molar-refractivity contribution is -0.386. The van der Waals surface area contributed by atoms with Crippen LogP contribution < -0.4 is 0 Å². The first kappa shape index (κ1) is 101. The Labute approximate surface area is 827 Å². The predicted molar refractivity (Wildman–Crippen MR) is 533 cm³/mol. The number of fused-ring (bicyclic) bond motifs is 8. The second-order valence-electron chi connectivity index (χ2n) is 29.0. The third-order valence-electron chi connectivity index (χ3n) is 20.7. The second kappa shape index (κ2) is 44.7. The van der Waals surface area contributed by atoms with E-state index in [2.05, 4.69) is 24.3 Å². The fourth-order valence-corrected chi connectivity index (χ4v) is 39.0. The standard InChI is InChI=1S/C84H78N4O28S18/c1-105-13-17-109-21-25-113-29-35-131(97,98)47-39-51-65(52-40-48(132(99,100)36-30-114-26-22-110-18-14-106-2)44-56(86(91)92)68(52)67(51)55(43-47)85(89)90)79-127-81-83(129-79)125-77-73(121-71(75(77)123-81)61-7-5-33-117-61)63-11-9-59(119-63)60-10-12-64(120-60)74-78-76(72(122-74)62-8-6-34-118-62)124-82-84(126-78)130-80(128-82)66-53-41-49(133(101,102)37-31-115-27-23-111-19-15-107-3)45-57(87(93)94)69(53)70-54(66)42-50(46-58(70)88(95)96)134(103,104)38-32-116-28-24-112-20-16-108-4/h5-12,33-34,39-46H,13-32,35-38H2,1-4H3. The number of nitro benzene ring substituents is 4. The molecule has 0 amide bonds. The Hall–Kier alpha value is -6.24. The summed E-state index contributed by atoms with van der Waals surface area (Å²) in [6, 6.07) is 24.9. The topological polar surface area (TPSA) is 420 Å². The highest BCUT2D eigenvalue weighted by Crippen LogP contribution is 2.74. The molecule has 6 aliphatic rings. The van der Waals surface area contributed by atoms with E-state index in [0.29, 0.717) is 34.9 Å². The number of sulfone groups is 4. The summed E-state index contributed by atoms with van der Waals surface area (Å²) < 4.78 is 184. The Balaban J connectivity index is 0.718. The summed E-state index contributed by atoms with van der Waals surface area (Å²) in [5, 5.41) is 58.0. The molecule has 10 heterocycles. The lowest BCUT2D eigenvalue weighted by atomic mass is 10.0. The Morgan fingerprint density at radius 1 is 0.269 bits per heavy atom. The largest absolute Gasteiger partial charge is 0.382 e. The van der Waals surface area contributed by atoms with Gasteiger partial charge >= 0.3 is 0 Å². The first-order chi connectivity index (χ1) is 64.6. The van der Waals surface area contributed by atoms with Gasteiger partial charge in [-0.25, -0.2) is 33.7 Å². The highest BCUT2D eigenvalue weighted by molar-refractivity contribution is 8.42. The fraction of sp³-hybridized carbons (Fsp3) is 0.333. The van der Waals surface area contributed by atoms with Crippen molar-refractivity contribution >= 4 is 235 Å². The van der Waals surface area contributed by atoms with Crippen LogP contribution in [0.2, 0.25) is 0 Å². The van der Waals surface area contributed by atoms with Gasteiger partial charge in [0.25, 0.3) is 22.7 Å². The van der Waals surface area contributed by atoms with Gasteiger partial charge < -0.3 is 56.8 Å². The van der Waals surface area contributed by atoms with E-state index in [0.717, 1.165) is 110 Å². The van der Waals surface area contributed by atoms with Crippen molar-refractivity contribution in [1.82, 2.24) is 0 Å². The molecule has 16 rings (SSSR count). The molecule has 6 aromatic heterocycles. The van der Waals surface area contributed by atoms with Crippen molar-refractivity contribution in [2.45, 2.75) is 39.2 Å². The van der Waals surface area contributed by atoms with Gasteiger partial charge in [0.05, 0.1) is 262 Å². The molecule has 0 spiro atoms. The van der Waals surface area contributed by atoms with Crippen LogP contribution in [0.5, 0.6) is 0 Å². The van der Waals surface area contributed by atoms with Gasteiger partial charge in [-0.3, -0.25) is 40.5 Å². The number of nitrogens with zero attached hydrogens (tertiary/aromatic N) is 4. The lowest BCUT2D eigenvalue weighted by Crippen LogP contribution is -2.16. The number of rotatable bonds is 49. The summed E-state index contributed by atoms with van der Waals surface area (Å²) in [4.78, 5) is 62.4. The van der Waals surface area contributed by atoms with Crippen LogP contribution in [-0.4, -0.2) is 237 Å². The molecule has 0 unspecified atom stereocenters. The number of thioether (sulfide) groups is 8. The summed E-state index contributed by atoms with van der Waals surface area (Å²) >= 11 is 20.8. The number of hydrogen-bond acceptors (Lipinski definition) is 42. The summed E-state index contributed by atoms with van der Waals surface area (Å²) in [5.41, 5.74) is -3.79. The number of methoxy groups -OCH3 is 4. The average molecular weight is 2170 g/mol.